The summed E-state index contributed by atoms with van der Waals surface area (Å²) in [6.07, 6.45) is 0.998. The summed E-state index contributed by atoms with van der Waals surface area (Å²) in [6.45, 7) is 5.81. The van der Waals surface area contributed by atoms with Crippen molar-refractivity contribution in [2.75, 3.05) is 11.9 Å². The van der Waals surface area contributed by atoms with E-state index in [0.29, 0.717) is 4.88 Å². The Morgan fingerprint density at radius 3 is 3.10 bits per heavy atom. The van der Waals surface area contributed by atoms with E-state index in [-0.39, 0.29) is 11.8 Å². The van der Waals surface area contributed by atoms with Gasteiger partial charge in [-0.15, -0.1) is 5.10 Å². The Labute approximate surface area is 127 Å². The Bertz CT molecular complexity index is 665. The number of carbonyl (C=O) groups excluding carboxylic acids is 1. The predicted molar refractivity (Wildman–Crippen MR) is 83.8 cm³/mol. The molecule has 2 heterocycles. The van der Waals surface area contributed by atoms with Crippen LogP contribution in [0.25, 0.3) is 0 Å². The topological polar surface area (TPSA) is 66.9 Å². The number of aromatic nitrogens is 2. The Balaban J connectivity index is 1.87. The second kappa shape index (κ2) is 5.91. The molecule has 2 aromatic rings. The van der Waals surface area contributed by atoms with Crippen LogP contribution in [0.4, 0.5) is 5.69 Å². The first kappa shape index (κ1) is 14.2. The summed E-state index contributed by atoms with van der Waals surface area (Å²) in [4.78, 5) is 13.1. The van der Waals surface area contributed by atoms with Crippen LogP contribution in [0.15, 0.2) is 18.2 Å². The predicted octanol–water partition coefficient (Wildman–Crippen LogP) is 2.56. The first-order chi connectivity index (χ1) is 10.2. The van der Waals surface area contributed by atoms with Gasteiger partial charge in [-0.3, -0.25) is 4.79 Å². The van der Waals surface area contributed by atoms with E-state index in [1.54, 1.807) is 0 Å². The number of benzene rings is 1. The van der Waals surface area contributed by atoms with Gasteiger partial charge in [-0.05, 0) is 47.6 Å². The molecule has 5 nitrogen and oxygen atoms in total. The van der Waals surface area contributed by atoms with Crippen LogP contribution in [0.5, 0.6) is 0 Å². The Kier molecular flexibility index (Phi) is 3.98. The highest BCUT2D eigenvalue weighted by Crippen LogP contribution is 2.25. The van der Waals surface area contributed by atoms with E-state index < -0.39 is 0 Å². The average molecular weight is 302 g/mol. The fourth-order valence-corrected chi connectivity index (χ4v) is 3.26. The van der Waals surface area contributed by atoms with Crippen LogP contribution in [0, 0.1) is 0 Å². The van der Waals surface area contributed by atoms with Gasteiger partial charge in [-0.25, -0.2) is 0 Å². The van der Waals surface area contributed by atoms with E-state index in [4.69, 9.17) is 0 Å². The number of rotatable bonds is 3. The molecule has 0 unspecified atom stereocenters. The van der Waals surface area contributed by atoms with Crippen LogP contribution in [0.3, 0.4) is 0 Å². The summed E-state index contributed by atoms with van der Waals surface area (Å²) in [5, 5.41) is 10.4. The highest BCUT2D eigenvalue weighted by molar-refractivity contribution is 7.08. The van der Waals surface area contributed by atoms with Gasteiger partial charge in [-0.1, -0.05) is 30.5 Å². The van der Waals surface area contributed by atoms with Gasteiger partial charge >= 0.3 is 0 Å². The lowest BCUT2D eigenvalue weighted by atomic mass is 9.99. The molecule has 110 valence electrons. The Hall–Kier alpha value is -1.79. The summed E-state index contributed by atoms with van der Waals surface area (Å²) < 4.78 is 3.91. The zero-order valence-electron chi connectivity index (χ0n) is 12.1. The molecule has 6 heteroatoms. The number of nitrogens with one attached hydrogen (secondary N) is 2. The van der Waals surface area contributed by atoms with Crippen molar-refractivity contribution in [3.63, 3.8) is 0 Å². The first-order valence-electron chi connectivity index (χ1n) is 7.12. The fourth-order valence-electron chi connectivity index (χ4n) is 2.54. The largest absolute Gasteiger partial charge is 0.321 e. The van der Waals surface area contributed by atoms with Crippen molar-refractivity contribution in [1.29, 1.82) is 0 Å². The third-order valence-corrected chi connectivity index (χ3v) is 4.40. The van der Waals surface area contributed by atoms with Crippen molar-refractivity contribution >= 4 is 23.1 Å². The maximum absolute atomic E-state index is 12.5. The van der Waals surface area contributed by atoms with E-state index in [0.717, 1.165) is 42.4 Å². The van der Waals surface area contributed by atoms with E-state index >= 15 is 0 Å². The number of hydrogen-bond donors (Lipinski definition) is 2. The smallest absolute Gasteiger partial charge is 0.269 e. The maximum atomic E-state index is 12.5. The van der Waals surface area contributed by atoms with E-state index in [2.05, 4.69) is 26.3 Å². The van der Waals surface area contributed by atoms with Crippen molar-refractivity contribution in [1.82, 2.24) is 14.9 Å². The summed E-state index contributed by atoms with van der Waals surface area (Å²) in [6, 6.07) is 6.07. The van der Waals surface area contributed by atoms with Crippen molar-refractivity contribution < 1.29 is 4.79 Å². The van der Waals surface area contributed by atoms with Gasteiger partial charge in [0.15, 0.2) is 0 Å². The molecule has 1 aromatic carbocycles. The normalized spacial score (nSPS) is 14.0. The zero-order chi connectivity index (χ0) is 14.8. The van der Waals surface area contributed by atoms with Crippen molar-refractivity contribution in [3.05, 3.63) is 39.9 Å². The molecule has 0 saturated carbocycles. The van der Waals surface area contributed by atoms with Crippen LogP contribution in [-0.2, 0) is 13.0 Å². The molecule has 1 aromatic heterocycles. The molecular weight excluding hydrogens is 284 g/mol. The second-order valence-corrected chi connectivity index (χ2v) is 6.22. The number of anilines is 1. The molecule has 1 amide bonds. The minimum atomic E-state index is -0.118. The summed E-state index contributed by atoms with van der Waals surface area (Å²) in [5.74, 6) is 0.0727. The standard InChI is InChI=1S/C15H18N4OS/c1-9(2)13-14(21-19-18-13)15(20)17-12-5-3-4-10-6-7-16-8-11(10)12/h3-5,9,16H,6-8H2,1-2H3,(H,17,20). The minimum Gasteiger partial charge on any atom is -0.321 e. The molecule has 3 rings (SSSR count). The van der Waals surface area contributed by atoms with E-state index in [9.17, 15) is 4.79 Å². The SMILES string of the molecule is CC(C)c1nnsc1C(=O)Nc1cccc2c1CNCC2. The van der Waals surface area contributed by atoms with Crippen molar-refractivity contribution in [3.8, 4) is 0 Å². The summed E-state index contributed by atoms with van der Waals surface area (Å²) >= 11 is 1.15. The van der Waals surface area contributed by atoms with Crippen LogP contribution in [0.2, 0.25) is 0 Å². The molecule has 0 bridgehead atoms. The molecule has 0 saturated heterocycles. The zero-order valence-corrected chi connectivity index (χ0v) is 13.0. The number of nitrogens with zero attached hydrogens (tertiary/aromatic N) is 2. The Morgan fingerprint density at radius 1 is 1.43 bits per heavy atom. The molecule has 1 aliphatic heterocycles. The van der Waals surface area contributed by atoms with Crippen LogP contribution in [-0.4, -0.2) is 22.0 Å². The average Bonchev–Trinajstić information content (AvgIpc) is 2.97. The van der Waals surface area contributed by atoms with Gasteiger partial charge in [0.2, 0.25) is 0 Å². The summed E-state index contributed by atoms with van der Waals surface area (Å²) in [5.41, 5.74) is 4.13. The number of fused-ring (bicyclic) bond motifs is 1. The van der Waals surface area contributed by atoms with E-state index in [1.165, 1.54) is 11.1 Å². The van der Waals surface area contributed by atoms with Crippen LogP contribution >= 0.6 is 11.5 Å². The molecule has 0 aliphatic carbocycles. The van der Waals surface area contributed by atoms with Gasteiger partial charge in [0.1, 0.15) is 4.88 Å². The lowest BCUT2D eigenvalue weighted by Gasteiger charge is -2.20. The maximum Gasteiger partial charge on any atom is 0.269 e. The molecule has 0 radical (unpaired) electrons. The number of amides is 1. The van der Waals surface area contributed by atoms with Crippen molar-refractivity contribution in [2.45, 2.75) is 32.7 Å². The van der Waals surface area contributed by atoms with Gasteiger partial charge in [0.05, 0.1) is 5.69 Å². The lowest BCUT2D eigenvalue weighted by molar-refractivity contribution is 0.102. The third kappa shape index (κ3) is 2.82. The molecule has 0 fully saturated rings. The third-order valence-electron chi connectivity index (χ3n) is 3.66. The summed E-state index contributed by atoms with van der Waals surface area (Å²) in [7, 11) is 0. The highest BCUT2D eigenvalue weighted by atomic mass is 32.1. The molecule has 2 N–H and O–H groups in total. The number of hydrogen-bond acceptors (Lipinski definition) is 5. The molecular formula is C15H18N4OS. The molecule has 1 aliphatic rings. The number of carbonyl (C=O) groups is 1. The van der Waals surface area contributed by atoms with Crippen LogP contribution < -0.4 is 10.6 Å². The molecule has 0 spiro atoms. The van der Waals surface area contributed by atoms with Crippen molar-refractivity contribution in [2.24, 2.45) is 0 Å². The van der Waals surface area contributed by atoms with Gasteiger partial charge < -0.3 is 10.6 Å². The quantitative estimate of drug-likeness (QED) is 0.914. The van der Waals surface area contributed by atoms with Gasteiger partial charge in [0, 0.05) is 12.2 Å². The monoisotopic (exact) mass is 302 g/mol. The Morgan fingerprint density at radius 2 is 2.29 bits per heavy atom. The molecule has 0 atom stereocenters. The van der Waals surface area contributed by atoms with E-state index in [1.807, 2.05) is 26.0 Å². The highest BCUT2D eigenvalue weighted by Gasteiger charge is 2.20. The van der Waals surface area contributed by atoms with Gasteiger partial charge in [0.25, 0.3) is 5.91 Å². The van der Waals surface area contributed by atoms with Crippen LogP contribution in [0.1, 0.15) is 46.3 Å². The minimum absolute atomic E-state index is 0.118. The fraction of sp³-hybridized carbons (Fsp3) is 0.400. The van der Waals surface area contributed by atoms with Gasteiger partial charge in [-0.2, -0.15) is 0 Å². The molecule has 21 heavy (non-hydrogen) atoms. The second-order valence-electron chi connectivity index (χ2n) is 5.47. The first-order valence-corrected chi connectivity index (χ1v) is 7.89. The lowest BCUT2D eigenvalue weighted by Crippen LogP contribution is -2.25.